The quantitative estimate of drug-likeness (QED) is 0.744. The first-order chi connectivity index (χ1) is 11.4. The Hall–Kier alpha value is -1.66. The number of rotatable bonds is 6. The van der Waals surface area contributed by atoms with Crippen LogP contribution in [0.5, 0.6) is 11.5 Å². The van der Waals surface area contributed by atoms with Gasteiger partial charge in [-0.25, -0.2) is 0 Å². The van der Waals surface area contributed by atoms with E-state index < -0.39 is 0 Å². The summed E-state index contributed by atoms with van der Waals surface area (Å²) in [6.07, 6.45) is 0. The SMILES string of the molecule is CCOc1c(Cl)cc(CNC(=O)c2c(C)oc(C)c2Br)cc1OC. The van der Waals surface area contributed by atoms with Crippen LogP contribution in [0.1, 0.15) is 34.4 Å². The maximum atomic E-state index is 12.4. The Kier molecular flexibility index (Phi) is 6.18. The Labute approximate surface area is 154 Å². The molecule has 1 N–H and O–H groups in total. The molecule has 2 rings (SSSR count). The van der Waals surface area contributed by atoms with E-state index >= 15 is 0 Å². The number of ether oxygens (including phenoxy) is 2. The first-order valence-corrected chi connectivity index (χ1v) is 8.59. The number of amides is 1. The first kappa shape index (κ1) is 18.7. The van der Waals surface area contributed by atoms with Crippen molar-refractivity contribution >= 4 is 33.4 Å². The molecule has 0 spiro atoms. The molecule has 0 radical (unpaired) electrons. The average molecular weight is 417 g/mol. The number of benzene rings is 1. The third-order valence-corrected chi connectivity index (χ3v) is 4.68. The zero-order valence-corrected chi connectivity index (χ0v) is 16.3. The van der Waals surface area contributed by atoms with Crippen molar-refractivity contribution in [3.05, 3.63) is 44.3 Å². The van der Waals surface area contributed by atoms with Crippen LogP contribution in [-0.4, -0.2) is 19.6 Å². The number of hydrogen-bond acceptors (Lipinski definition) is 4. The van der Waals surface area contributed by atoms with Gasteiger partial charge in [-0.3, -0.25) is 4.79 Å². The number of furan rings is 1. The lowest BCUT2D eigenvalue weighted by Gasteiger charge is -2.13. The Balaban J connectivity index is 2.17. The molecule has 0 atom stereocenters. The van der Waals surface area contributed by atoms with Crippen LogP contribution in [0.25, 0.3) is 0 Å². The van der Waals surface area contributed by atoms with Crippen LogP contribution in [-0.2, 0) is 6.54 Å². The van der Waals surface area contributed by atoms with Gasteiger partial charge < -0.3 is 19.2 Å². The number of carbonyl (C=O) groups is 1. The summed E-state index contributed by atoms with van der Waals surface area (Å²) in [5.74, 6) is 2.05. The Morgan fingerprint density at radius 2 is 2.04 bits per heavy atom. The standard InChI is InChI=1S/C17H19BrClNO4/c1-5-23-16-12(19)6-11(7-13(16)22-4)8-20-17(21)14-9(2)24-10(3)15(14)18/h6-7H,5,8H2,1-4H3,(H,20,21). The fourth-order valence-corrected chi connectivity index (χ4v) is 3.17. The second kappa shape index (κ2) is 7.94. The second-order valence-corrected chi connectivity index (χ2v) is 6.33. The van der Waals surface area contributed by atoms with E-state index in [1.807, 2.05) is 6.92 Å². The highest BCUT2D eigenvalue weighted by molar-refractivity contribution is 9.10. The summed E-state index contributed by atoms with van der Waals surface area (Å²) in [6, 6.07) is 3.54. The van der Waals surface area contributed by atoms with Crippen molar-refractivity contribution in [1.29, 1.82) is 0 Å². The Morgan fingerprint density at radius 1 is 1.33 bits per heavy atom. The van der Waals surface area contributed by atoms with Crippen molar-refractivity contribution in [2.45, 2.75) is 27.3 Å². The number of hydrogen-bond donors (Lipinski definition) is 1. The number of methoxy groups -OCH3 is 1. The summed E-state index contributed by atoms with van der Waals surface area (Å²) in [5, 5.41) is 3.30. The molecule has 0 fully saturated rings. The van der Waals surface area contributed by atoms with Gasteiger partial charge in [0.25, 0.3) is 5.91 Å². The van der Waals surface area contributed by atoms with Crippen molar-refractivity contribution in [2.75, 3.05) is 13.7 Å². The molecule has 0 bridgehead atoms. The van der Waals surface area contributed by atoms with Crippen molar-refractivity contribution in [3.8, 4) is 11.5 Å². The van der Waals surface area contributed by atoms with Crippen molar-refractivity contribution in [1.82, 2.24) is 5.32 Å². The summed E-state index contributed by atoms with van der Waals surface area (Å²) in [7, 11) is 1.55. The van der Waals surface area contributed by atoms with Gasteiger partial charge in [0.2, 0.25) is 0 Å². The van der Waals surface area contributed by atoms with Gasteiger partial charge in [0.1, 0.15) is 11.5 Å². The van der Waals surface area contributed by atoms with Crippen LogP contribution in [0, 0.1) is 13.8 Å². The third-order valence-electron chi connectivity index (χ3n) is 3.44. The molecule has 0 aliphatic rings. The van der Waals surface area contributed by atoms with Gasteiger partial charge >= 0.3 is 0 Å². The predicted octanol–water partition coefficient (Wildman–Crippen LogP) is 4.65. The molecule has 0 aliphatic heterocycles. The van der Waals surface area contributed by atoms with E-state index in [0.717, 1.165) is 5.56 Å². The fourth-order valence-electron chi connectivity index (χ4n) is 2.35. The number of aryl methyl sites for hydroxylation is 2. The molecule has 0 unspecified atom stereocenters. The first-order valence-electron chi connectivity index (χ1n) is 7.41. The van der Waals surface area contributed by atoms with Gasteiger partial charge in [0, 0.05) is 6.54 Å². The zero-order valence-electron chi connectivity index (χ0n) is 14.0. The van der Waals surface area contributed by atoms with Gasteiger partial charge in [0.15, 0.2) is 11.5 Å². The lowest BCUT2D eigenvalue weighted by Crippen LogP contribution is -2.23. The molecule has 1 amide bonds. The summed E-state index contributed by atoms with van der Waals surface area (Å²) >= 11 is 9.61. The van der Waals surface area contributed by atoms with Crippen LogP contribution < -0.4 is 14.8 Å². The molecule has 0 aliphatic carbocycles. The van der Waals surface area contributed by atoms with E-state index in [-0.39, 0.29) is 5.91 Å². The van der Waals surface area contributed by atoms with E-state index in [9.17, 15) is 4.79 Å². The van der Waals surface area contributed by atoms with Gasteiger partial charge in [-0.1, -0.05) is 11.6 Å². The normalized spacial score (nSPS) is 10.6. The molecule has 2 aromatic rings. The topological polar surface area (TPSA) is 60.7 Å². The van der Waals surface area contributed by atoms with Crippen LogP contribution in [0.3, 0.4) is 0 Å². The highest BCUT2D eigenvalue weighted by atomic mass is 79.9. The minimum Gasteiger partial charge on any atom is -0.493 e. The minimum atomic E-state index is -0.222. The predicted molar refractivity (Wildman–Crippen MR) is 96.2 cm³/mol. The van der Waals surface area contributed by atoms with E-state index in [1.54, 1.807) is 33.1 Å². The molecule has 7 heteroatoms. The van der Waals surface area contributed by atoms with Crippen LogP contribution in [0.2, 0.25) is 5.02 Å². The lowest BCUT2D eigenvalue weighted by molar-refractivity contribution is 0.0948. The molecule has 5 nitrogen and oxygen atoms in total. The monoisotopic (exact) mass is 415 g/mol. The molecule has 130 valence electrons. The van der Waals surface area contributed by atoms with Gasteiger partial charge in [-0.15, -0.1) is 0 Å². The molecular formula is C17H19BrClNO4. The van der Waals surface area contributed by atoms with Crippen LogP contribution in [0.15, 0.2) is 21.0 Å². The van der Waals surface area contributed by atoms with E-state index in [1.165, 1.54) is 0 Å². The fraction of sp³-hybridized carbons (Fsp3) is 0.353. The summed E-state index contributed by atoms with van der Waals surface area (Å²) in [4.78, 5) is 12.4. The van der Waals surface area contributed by atoms with Crippen molar-refractivity contribution in [2.24, 2.45) is 0 Å². The summed E-state index contributed by atoms with van der Waals surface area (Å²) < 4.78 is 16.9. The smallest absolute Gasteiger partial charge is 0.256 e. The maximum absolute atomic E-state index is 12.4. The number of halogens is 2. The Morgan fingerprint density at radius 3 is 2.58 bits per heavy atom. The van der Waals surface area contributed by atoms with E-state index in [4.69, 9.17) is 25.5 Å². The summed E-state index contributed by atoms with van der Waals surface area (Å²) in [6.45, 7) is 6.21. The second-order valence-electron chi connectivity index (χ2n) is 5.13. The molecule has 0 saturated carbocycles. The highest BCUT2D eigenvalue weighted by Gasteiger charge is 2.20. The molecule has 0 saturated heterocycles. The highest BCUT2D eigenvalue weighted by Crippen LogP contribution is 2.36. The third kappa shape index (κ3) is 3.87. The van der Waals surface area contributed by atoms with E-state index in [2.05, 4.69) is 21.2 Å². The van der Waals surface area contributed by atoms with Crippen LogP contribution in [0.4, 0.5) is 0 Å². The lowest BCUT2D eigenvalue weighted by atomic mass is 10.1. The molecular weight excluding hydrogens is 398 g/mol. The minimum absolute atomic E-state index is 0.222. The largest absolute Gasteiger partial charge is 0.493 e. The van der Waals surface area contributed by atoms with Crippen LogP contribution >= 0.6 is 27.5 Å². The van der Waals surface area contributed by atoms with Gasteiger partial charge in [0.05, 0.1) is 28.8 Å². The average Bonchev–Trinajstić information content (AvgIpc) is 2.80. The number of nitrogens with one attached hydrogen (secondary N) is 1. The zero-order chi connectivity index (χ0) is 17.9. The molecule has 1 aromatic heterocycles. The Bertz CT molecular complexity index is 758. The molecule has 1 heterocycles. The number of carbonyl (C=O) groups excluding carboxylic acids is 1. The maximum Gasteiger partial charge on any atom is 0.256 e. The van der Waals surface area contributed by atoms with Gasteiger partial charge in [-0.2, -0.15) is 0 Å². The van der Waals surface area contributed by atoms with Gasteiger partial charge in [-0.05, 0) is 54.4 Å². The molecule has 1 aromatic carbocycles. The summed E-state index contributed by atoms with van der Waals surface area (Å²) in [5.41, 5.74) is 1.30. The molecule has 24 heavy (non-hydrogen) atoms. The van der Waals surface area contributed by atoms with E-state index in [0.29, 0.717) is 51.2 Å². The van der Waals surface area contributed by atoms with Crippen molar-refractivity contribution in [3.63, 3.8) is 0 Å². The van der Waals surface area contributed by atoms with Crippen molar-refractivity contribution < 1.29 is 18.7 Å².